The summed E-state index contributed by atoms with van der Waals surface area (Å²) in [5.74, 6) is -2.07. The lowest BCUT2D eigenvalue weighted by Crippen LogP contribution is -2.47. The second kappa shape index (κ2) is 9.66. The average Bonchev–Trinajstić information content (AvgIpc) is 2.58. The fourth-order valence-corrected chi connectivity index (χ4v) is 3.06. The third-order valence-electron chi connectivity index (χ3n) is 4.75. The summed E-state index contributed by atoms with van der Waals surface area (Å²) in [4.78, 5) is 35.3. The Kier molecular flexibility index (Phi) is 8.17. The smallest absolute Gasteiger partial charge is 0.326 e. The van der Waals surface area contributed by atoms with Crippen LogP contribution in [0.5, 0.6) is 0 Å². The van der Waals surface area contributed by atoms with Crippen molar-refractivity contribution in [3.05, 3.63) is 35.9 Å². The van der Waals surface area contributed by atoms with Crippen LogP contribution >= 0.6 is 0 Å². The first-order valence-corrected chi connectivity index (χ1v) is 11.8. The molecule has 0 saturated carbocycles. The van der Waals surface area contributed by atoms with Gasteiger partial charge in [0.05, 0.1) is 6.54 Å². The summed E-state index contributed by atoms with van der Waals surface area (Å²) >= 11 is 0. The van der Waals surface area contributed by atoms with Crippen LogP contribution in [0.1, 0.15) is 37.6 Å². The van der Waals surface area contributed by atoms with Gasteiger partial charge in [0.1, 0.15) is 6.04 Å². The molecule has 1 aromatic rings. The predicted molar refractivity (Wildman–Crippen MR) is 106 cm³/mol. The second-order valence-electron chi connectivity index (χ2n) is 7.90. The van der Waals surface area contributed by atoms with Gasteiger partial charge < -0.3 is 20.2 Å². The zero-order chi connectivity index (χ0) is 20.7. The number of carboxylic acid groups (broad SMARTS) is 1. The summed E-state index contributed by atoms with van der Waals surface area (Å²) in [6.45, 7) is 10.4. The number of carboxylic acids is 1. The Morgan fingerprint density at radius 1 is 1.15 bits per heavy atom. The maximum absolute atomic E-state index is 12.0. The van der Waals surface area contributed by atoms with Crippen molar-refractivity contribution in [2.24, 2.45) is 0 Å². The van der Waals surface area contributed by atoms with Crippen molar-refractivity contribution >= 4 is 26.1 Å². The van der Waals surface area contributed by atoms with E-state index in [2.05, 4.69) is 44.5 Å². The zero-order valence-electron chi connectivity index (χ0n) is 16.7. The maximum Gasteiger partial charge on any atom is 0.326 e. The highest BCUT2D eigenvalue weighted by molar-refractivity contribution is 6.74. The maximum atomic E-state index is 12.0. The highest BCUT2D eigenvalue weighted by Crippen LogP contribution is 2.36. The summed E-state index contributed by atoms with van der Waals surface area (Å²) in [6, 6.07) is 7.43. The van der Waals surface area contributed by atoms with Crippen molar-refractivity contribution in [1.29, 1.82) is 0 Å². The van der Waals surface area contributed by atoms with Crippen molar-refractivity contribution in [3.8, 4) is 0 Å². The van der Waals surface area contributed by atoms with E-state index in [0.29, 0.717) is 5.56 Å². The molecule has 0 fully saturated rings. The Morgan fingerprint density at radius 2 is 1.74 bits per heavy atom. The van der Waals surface area contributed by atoms with Crippen LogP contribution in [0.15, 0.2) is 30.3 Å². The minimum Gasteiger partial charge on any atom is -0.480 e. The molecule has 0 heterocycles. The Morgan fingerprint density at radius 3 is 2.26 bits per heavy atom. The molecule has 0 unspecified atom stereocenters. The summed E-state index contributed by atoms with van der Waals surface area (Å²) < 4.78 is 5.97. The van der Waals surface area contributed by atoms with Crippen molar-refractivity contribution in [3.63, 3.8) is 0 Å². The minimum atomic E-state index is -1.98. The normalized spacial score (nSPS) is 12.9. The fourth-order valence-electron chi connectivity index (χ4n) is 2.00. The van der Waals surface area contributed by atoms with E-state index in [4.69, 9.17) is 4.43 Å². The number of amides is 2. The first kappa shape index (κ1) is 22.8. The number of aliphatic carboxylic acids is 1. The molecule has 0 aromatic heterocycles. The molecule has 0 saturated heterocycles. The van der Waals surface area contributed by atoms with Gasteiger partial charge in [0, 0.05) is 18.6 Å². The summed E-state index contributed by atoms with van der Waals surface area (Å²) in [5, 5.41) is 14.3. The predicted octanol–water partition coefficient (Wildman–Crippen LogP) is 2.40. The van der Waals surface area contributed by atoms with Gasteiger partial charge >= 0.3 is 5.97 Å². The van der Waals surface area contributed by atoms with Crippen molar-refractivity contribution in [2.75, 3.05) is 13.2 Å². The zero-order valence-corrected chi connectivity index (χ0v) is 17.7. The number of hydrogen-bond acceptors (Lipinski definition) is 4. The third kappa shape index (κ3) is 7.52. The fraction of sp³-hybridized carbons (Fsp3) is 0.526. The van der Waals surface area contributed by atoms with Crippen LogP contribution in [0.3, 0.4) is 0 Å². The molecular formula is C19H30N2O5Si. The van der Waals surface area contributed by atoms with E-state index >= 15 is 0 Å². The standard InChI is InChI=1S/C19H30N2O5Si/c1-19(2,3)27(4,5)26-12-11-15(18(24)25)21-16(22)13-20-17(23)14-9-7-6-8-10-14/h6-10,15H,11-13H2,1-5H3,(H,20,23)(H,21,22)(H,24,25)/t15-/m0/s1. The van der Waals surface area contributed by atoms with E-state index in [0.717, 1.165) is 0 Å². The van der Waals surface area contributed by atoms with Crippen molar-refractivity contribution < 1.29 is 23.9 Å². The molecule has 0 spiro atoms. The van der Waals surface area contributed by atoms with Gasteiger partial charge in [-0.05, 0) is 30.3 Å². The Bertz CT molecular complexity index is 656. The number of nitrogens with one attached hydrogen (secondary N) is 2. The molecular weight excluding hydrogens is 364 g/mol. The molecule has 2 amide bonds. The van der Waals surface area contributed by atoms with Gasteiger partial charge in [-0.3, -0.25) is 9.59 Å². The molecule has 150 valence electrons. The highest BCUT2D eigenvalue weighted by atomic mass is 28.4. The van der Waals surface area contributed by atoms with Crippen molar-refractivity contribution in [1.82, 2.24) is 10.6 Å². The molecule has 27 heavy (non-hydrogen) atoms. The molecule has 1 atom stereocenters. The summed E-state index contributed by atoms with van der Waals surface area (Å²) in [7, 11) is -1.98. The van der Waals surface area contributed by atoms with Gasteiger partial charge in [0.25, 0.3) is 5.91 Å². The average molecular weight is 395 g/mol. The van der Waals surface area contributed by atoms with E-state index in [1.54, 1.807) is 30.3 Å². The molecule has 3 N–H and O–H groups in total. The summed E-state index contributed by atoms with van der Waals surface area (Å²) in [5.41, 5.74) is 0.433. The van der Waals surface area contributed by atoms with E-state index in [1.807, 2.05) is 0 Å². The molecule has 0 bridgehead atoms. The largest absolute Gasteiger partial charge is 0.480 e. The van der Waals surface area contributed by atoms with Crippen LogP contribution in [0.4, 0.5) is 0 Å². The lowest BCUT2D eigenvalue weighted by molar-refractivity contribution is -0.142. The first-order chi connectivity index (χ1) is 12.4. The lowest BCUT2D eigenvalue weighted by atomic mass is 10.2. The van der Waals surface area contributed by atoms with Crippen LogP contribution in [-0.4, -0.2) is 50.4 Å². The monoisotopic (exact) mass is 394 g/mol. The van der Waals surface area contributed by atoms with Gasteiger partial charge in [-0.2, -0.15) is 0 Å². The number of benzene rings is 1. The molecule has 1 aromatic carbocycles. The van der Waals surface area contributed by atoms with Crippen LogP contribution in [0.2, 0.25) is 18.1 Å². The molecule has 0 aliphatic carbocycles. The van der Waals surface area contributed by atoms with Gasteiger partial charge in [0.15, 0.2) is 8.32 Å². The van der Waals surface area contributed by atoms with Crippen LogP contribution in [-0.2, 0) is 14.0 Å². The van der Waals surface area contributed by atoms with E-state index in [1.165, 1.54) is 0 Å². The SMILES string of the molecule is CC(C)(C)[Si](C)(C)OCC[C@H](NC(=O)CNC(=O)c1ccccc1)C(=O)O. The second-order valence-corrected chi connectivity index (χ2v) is 12.7. The van der Waals surface area contributed by atoms with Crippen LogP contribution in [0.25, 0.3) is 0 Å². The lowest BCUT2D eigenvalue weighted by Gasteiger charge is -2.36. The van der Waals surface area contributed by atoms with Gasteiger partial charge in [0.2, 0.25) is 5.91 Å². The quantitative estimate of drug-likeness (QED) is 0.558. The Balaban J connectivity index is 2.48. The number of hydrogen-bond donors (Lipinski definition) is 3. The topological polar surface area (TPSA) is 105 Å². The highest BCUT2D eigenvalue weighted by Gasteiger charge is 2.37. The molecule has 0 aliphatic heterocycles. The minimum absolute atomic E-state index is 0.0245. The molecule has 0 radical (unpaired) electrons. The van der Waals surface area contributed by atoms with Gasteiger partial charge in [-0.25, -0.2) is 4.79 Å². The van der Waals surface area contributed by atoms with Crippen molar-refractivity contribution in [2.45, 2.75) is 51.4 Å². The first-order valence-electron chi connectivity index (χ1n) is 8.93. The third-order valence-corrected chi connectivity index (χ3v) is 9.29. The van der Waals surface area contributed by atoms with E-state index in [-0.39, 0.29) is 30.5 Å². The van der Waals surface area contributed by atoms with E-state index in [9.17, 15) is 19.5 Å². The van der Waals surface area contributed by atoms with E-state index < -0.39 is 26.2 Å². The van der Waals surface area contributed by atoms with Crippen LogP contribution < -0.4 is 10.6 Å². The molecule has 8 heteroatoms. The van der Waals surface area contributed by atoms with Crippen LogP contribution in [0, 0.1) is 0 Å². The Labute approximate surface area is 161 Å². The molecule has 1 rings (SSSR count). The van der Waals surface area contributed by atoms with Gasteiger partial charge in [-0.1, -0.05) is 39.0 Å². The molecule has 0 aliphatic rings. The number of carbonyl (C=O) groups excluding carboxylic acids is 2. The summed E-state index contributed by atoms with van der Waals surface area (Å²) in [6.07, 6.45) is 0.167. The molecule has 7 nitrogen and oxygen atoms in total. The number of rotatable bonds is 9. The Hall–Kier alpha value is -2.19. The van der Waals surface area contributed by atoms with Gasteiger partial charge in [-0.15, -0.1) is 0 Å². The number of carbonyl (C=O) groups is 3.